The van der Waals surface area contributed by atoms with Crippen molar-refractivity contribution in [2.24, 2.45) is 0 Å². The van der Waals surface area contributed by atoms with E-state index in [1.54, 1.807) is 43.1 Å². The van der Waals surface area contributed by atoms with E-state index in [1.807, 2.05) is 0 Å². The minimum absolute atomic E-state index is 0.139. The van der Waals surface area contributed by atoms with Crippen LogP contribution in [0, 0.1) is 11.6 Å². The Labute approximate surface area is 142 Å². The first-order chi connectivity index (χ1) is 11.9. The van der Waals surface area contributed by atoms with Gasteiger partial charge in [0.15, 0.2) is 0 Å². The molecule has 0 aliphatic carbocycles. The summed E-state index contributed by atoms with van der Waals surface area (Å²) in [7, 11) is 1.68. The highest BCUT2D eigenvalue weighted by Gasteiger charge is 2.24. The second-order valence-electron chi connectivity index (χ2n) is 5.93. The van der Waals surface area contributed by atoms with Gasteiger partial charge in [0, 0.05) is 18.2 Å². The largest absolute Gasteiger partial charge is 0.320 e. The van der Waals surface area contributed by atoms with Crippen molar-refractivity contribution in [2.75, 3.05) is 7.05 Å². The van der Waals surface area contributed by atoms with Gasteiger partial charge in [-0.05, 0) is 32.2 Å². The lowest BCUT2D eigenvalue weighted by molar-refractivity contribution is 0.0656. The minimum Gasteiger partial charge on any atom is -0.292 e. The predicted octanol–water partition coefficient (Wildman–Crippen LogP) is 4.90. The summed E-state index contributed by atoms with van der Waals surface area (Å²) < 4.78 is 54.9. The molecule has 1 unspecified atom stereocenters. The lowest BCUT2D eigenvalue weighted by Crippen LogP contribution is -2.25. The van der Waals surface area contributed by atoms with Crippen LogP contribution in [-0.4, -0.2) is 21.5 Å². The molecule has 3 aromatic rings. The molecule has 0 saturated heterocycles. The number of hydrogen-bond donors (Lipinski definition) is 0. The van der Waals surface area contributed by atoms with Crippen LogP contribution in [0.15, 0.2) is 42.5 Å². The molecule has 0 bridgehead atoms. The molecule has 2 aromatic carbocycles. The van der Waals surface area contributed by atoms with Crippen molar-refractivity contribution in [3.05, 3.63) is 65.5 Å². The number of rotatable bonds is 5. The predicted molar refractivity (Wildman–Crippen MR) is 87.2 cm³/mol. The zero-order chi connectivity index (χ0) is 18.1. The fourth-order valence-corrected chi connectivity index (χ4v) is 2.82. The molecule has 0 aliphatic heterocycles. The third-order valence-electron chi connectivity index (χ3n) is 4.29. The SMILES string of the molecule is CC(c1nc2ccccc2n1C(F)F)N(C)Cc1ccc(F)cc1F. The van der Waals surface area contributed by atoms with E-state index in [2.05, 4.69) is 4.98 Å². The summed E-state index contributed by atoms with van der Waals surface area (Å²) in [5.41, 5.74) is 1.11. The monoisotopic (exact) mass is 351 g/mol. The molecule has 132 valence electrons. The summed E-state index contributed by atoms with van der Waals surface area (Å²) >= 11 is 0. The van der Waals surface area contributed by atoms with Crippen LogP contribution < -0.4 is 0 Å². The number of para-hydroxylation sites is 2. The van der Waals surface area contributed by atoms with Crippen molar-refractivity contribution in [3.63, 3.8) is 0 Å². The van der Waals surface area contributed by atoms with Gasteiger partial charge in [-0.3, -0.25) is 9.47 Å². The zero-order valence-corrected chi connectivity index (χ0v) is 13.8. The molecule has 0 aliphatic rings. The molecule has 1 heterocycles. The van der Waals surface area contributed by atoms with E-state index >= 15 is 0 Å². The maximum absolute atomic E-state index is 13.8. The van der Waals surface area contributed by atoms with Crippen molar-refractivity contribution >= 4 is 11.0 Å². The average Bonchev–Trinajstić information content (AvgIpc) is 2.96. The first kappa shape index (κ1) is 17.4. The van der Waals surface area contributed by atoms with Gasteiger partial charge in [0.1, 0.15) is 17.5 Å². The molecule has 0 saturated carbocycles. The first-order valence-corrected chi connectivity index (χ1v) is 7.77. The standard InChI is InChI=1S/C18H17F4N3/c1-11(24(2)10-12-7-8-13(19)9-14(12)20)17-23-15-5-3-4-6-16(15)25(17)18(21)22/h3-9,11,18H,10H2,1-2H3. The molecule has 25 heavy (non-hydrogen) atoms. The van der Waals surface area contributed by atoms with Gasteiger partial charge in [0.2, 0.25) is 0 Å². The fraction of sp³-hybridized carbons (Fsp3) is 0.278. The van der Waals surface area contributed by atoms with E-state index in [1.165, 1.54) is 12.1 Å². The number of hydrogen-bond acceptors (Lipinski definition) is 2. The Hall–Kier alpha value is -2.41. The quantitative estimate of drug-likeness (QED) is 0.610. The van der Waals surface area contributed by atoms with Gasteiger partial charge in [-0.15, -0.1) is 0 Å². The number of imidazole rings is 1. The molecule has 0 N–H and O–H groups in total. The van der Waals surface area contributed by atoms with Crippen LogP contribution in [-0.2, 0) is 6.54 Å². The lowest BCUT2D eigenvalue weighted by atomic mass is 10.1. The molecular weight excluding hydrogens is 334 g/mol. The van der Waals surface area contributed by atoms with E-state index in [4.69, 9.17) is 0 Å². The Morgan fingerprint density at radius 1 is 1.12 bits per heavy atom. The van der Waals surface area contributed by atoms with Crippen LogP contribution in [0.1, 0.15) is 30.9 Å². The molecule has 3 rings (SSSR count). The topological polar surface area (TPSA) is 21.1 Å². The molecule has 0 fully saturated rings. The molecule has 7 heteroatoms. The van der Waals surface area contributed by atoms with Gasteiger partial charge < -0.3 is 0 Å². The summed E-state index contributed by atoms with van der Waals surface area (Å²) in [5, 5.41) is 0. The van der Waals surface area contributed by atoms with Crippen molar-refractivity contribution in [1.82, 2.24) is 14.5 Å². The van der Waals surface area contributed by atoms with Crippen LogP contribution >= 0.6 is 0 Å². The Balaban J connectivity index is 1.93. The number of halogens is 4. The van der Waals surface area contributed by atoms with Crippen molar-refractivity contribution < 1.29 is 17.6 Å². The maximum Gasteiger partial charge on any atom is 0.320 e. The van der Waals surface area contributed by atoms with Crippen LogP contribution in [0.3, 0.4) is 0 Å². The highest BCUT2D eigenvalue weighted by atomic mass is 19.3. The normalized spacial score (nSPS) is 13.1. The van der Waals surface area contributed by atoms with Gasteiger partial charge in [-0.25, -0.2) is 13.8 Å². The van der Waals surface area contributed by atoms with E-state index in [9.17, 15) is 17.6 Å². The van der Waals surface area contributed by atoms with Gasteiger partial charge >= 0.3 is 6.55 Å². The van der Waals surface area contributed by atoms with Crippen LogP contribution in [0.2, 0.25) is 0 Å². The maximum atomic E-state index is 13.8. The zero-order valence-electron chi connectivity index (χ0n) is 13.8. The van der Waals surface area contributed by atoms with Crippen molar-refractivity contribution in [2.45, 2.75) is 26.1 Å². The van der Waals surface area contributed by atoms with Crippen LogP contribution in [0.4, 0.5) is 17.6 Å². The number of aromatic nitrogens is 2. The fourth-order valence-electron chi connectivity index (χ4n) is 2.82. The third-order valence-corrected chi connectivity index (χ3v) is 4.29. The Kier molecular flexibility index (Phi) is 4.76. The van der Waals surface area contributed by atoms with E-state index in [0.717, 1.165) is 10.6 Å². The van der Waals surface area contributed by atoms with E-state index in [-0.39, 0.29) is 17.9 Å². The van der Waals surface area contributed by atoms with Gasteiger partial charge in [-0.2, -0.15) is 8.78 Å². The Morgan fingerprint density at radius 3 is 2.52 bits per heavy atom. The number of alkyl halides is 2. The summed E-state index contributed by atoms with van der Waals surface area (Å²) in [5.74, 6) is -1.13. The minimum atomic E-state index is -2.74. The summed E-state index contributed by atoms with van der Waals surface area (Å²) in [4.78, 5) is 6.01. The molecule has 0 spiro atoms. The Bertz CT molecular complexity index is 891. The highest BCUT2D eigenvalue weighted by molar-refractivity contribution is 5.76. The van der Waals surface area contributed by atoms with Crippen molar-refractivity contribution in [3.8, 4) is 0 Å². The summed E-state index contributed by atoms with van der Waals surface area (Å²) in [6.45, 7) is -0.873. The second-order valence-corrected chi connectivity index (χ2v) is 5.93. The van der Waals surface area contributed by atoms with Gasteiger partial charge in [-0.1, -0.05) is 18.2 Å². The molecule has 1 atom stereocenters. The van der Waals surface area contributed by atoms with Gasteiger partial charge in [0.25, 0.3) is 0 Å². The smallest absolute Gasteiger partial charge is 0.292 e. The second kappa shape index (κ2) is 6.84. The van der Waals surface area contributed by atoms with Crippen LogP contribution in [0.5, 0.6) is 0 Å². The van der Waals surface area contributed by atoms with Crippen LogP contribution in [0.25, 0.3) is 11.0 Å². The first-order valence-electron chi connectivity index (χ1n) is 7.77. The molecule has 3 nitrogen and oxygen atoms in total. The molecule has 0 amide bonds. The number of nitrogens with zero attached hydrogens (tertiary/aromatic N) is 3. The average molecular weight is 351 g/mol. The number of benzene rings is 2. The highest BCUT2D eigenvalue weighted by Crippen LogP contribution is 2.29. The van der Waals surface area contributed by atoms with E-state index < -0.39 is 24.2 Å². The molecule has 1 aromatic heterocycles. The summed E-state index contributed by atoms with van der Waals surface area (Å²) in [6.07, 6.45) is 0. The molecule has 0 radical (unpaired) electrons. The van der Waals surface area contributed by atoms with E-state index in [0.29, 0.717) is 11.0 Å². The van der Waals surface area contributed by atoms with Gasteiger partial charge in [0.05, 0.1) is 17.1 Å². The lowest BCUT2D eigenvalue weighted by Gasteiger charge is -2.25. The third kappa shape index (κ3) is 3.37. The Morgan fingerprint density at radius 2 is 1.84 bits per heavy atom. The summed E-state index contributed by atoms with van der Waals surface area (Å²) in [6, 6.07) is 9.50. The van der Waals surface area contributed by atoms with Crippen molar-refractivity contribution in [1.29, 1.82) is 0 Å². The number of fused-ring (bicyclic) bond motifs is 1. The molecular formula is C18H17F4N3.